The van der Waals surface area contributed by atoms with Crippen molar-refractivity contribution < 1.29 is 23.6 Å². The van der Waals surface area contributed by atoms with Crippen molar-refractivity contribution in [2.75, 3.05) is 64.8 Å². The van der Waals surface area contributed by atoms with E-state index in [1.54, 1.807) is 43.6 Å². The standard InChI is InChI=1S/C44H51FN8O5/c1-27(54)52-18-6-8-30(26-52)33-24-32(34-25-35(43(57)48(2)3)46-41(34)40(33)45)29-10-12-31(13-11-29)51-21-19-50(20-22-51)17-5-7-28-9-14-36-38(23-28)49(4)44(58)53(36)37-15-16-39(55)47-42(37)56/h9-14,23-25,30,37,46H,5-8,15-22,26H2,1-4H3,(H,47,55,56)/t30-,37?/m1/s1. The summed E-state index contributed by atoms with van der Waals surface area (Å²) in [5.41, 5.74) is 6.45. The number of aromatic amines is 1. The van der Waals surface area contributed by atoms with Gasteiger partial charge in [0.25, 0.3) is 5.91 Å². The largest absolute Gasteiger partial charge is 0.369 e. The molecule has 2 atom stereocenters. The Morgan fingerprint density at radius 3 is 2.38 bits per heavy atom. The first-order valence-electron chi connectivity index (χ1n) is 20.3. The Kier molecular flexibility index (Phi) is 10.7. The lowest BCUT2D eigenvalue weighted by atomic mass is 9.87. The van der Waals surface area contributed by atoms with Crippen LogP contribution in [-0.2, 0) is 27.9 Å². The van der Waals surface area contributed by atoms with E-state index in [1.165, 1.54) is 9.47 Å². The molecule has 1 unspecified atom stereocenters. The number of hydrogen-bond acceptors (Lipinski definition) is 7. The number of carbonyl (C=O) groups is 4. The van der Waals surface area contributed by atoms with Gasteiger partial charge in [-0.25, -0.2) is 9.18 Å². The van der Waals surface area contributed by atoms with Crippen molar-refractivity contribution in [3.8, 4) is 11.1 Å². The summed E-state index contributed by atoms with van der Waals surface area (Å²) in [4.78, 5) is 73.8. The quantitative estimate of drug-likeness (QED) is 0.205. The number of rotatable bonds is 9. The van der Waals surface area contributed by atoms with Crippen LogP contribution in [0.15, 0.2) is 59.4 Å². The maximum Gasteiger partial charge on any atom is 0.329 e. The van der Waals surface area contributed by atoms with Gasteiger partial charge in [-0.05, 0) is 97.3 Å². The minimum atomic E-state index is -0.696. The topological polar surface area (TPSA) is 136 Å². The minimum Gasteiger partial charge on any atom is -0.369 e. The number of hydrogen-bond donors (Lipinski definition) is 2. The summed E-state index contributed by atoms with van der Waals surface area (Å²) in [6.45, 7) is 7.27. The van der Waals surface area contributed by atoms with E-state index < -0.39 is 11.9 Å². The number of imidazole rings is 1. The van der Waals surface area contributed by atoms with Gasteiger partial charge in [0.1, 0.15) is 11.7 Å². The summed E-state index contributed by atoms with van der Waals surface area (Å²) in [6, 6.07) is 17.3. The van der Waals surface area contributed by atoms with Crippen LogP contribution in [0.25, 0.3) is 33.1 Å². The predicted molar refractivity (Wildman–Crippen MR) is 222 cm³/mol. The highest BCUT2D eigenvalue weighted by molar-refractivity contribution is 6.03. The van der Waals surface area contributed by atoms with Crippen LogP contribution in [0.4, 0.5) is 10.1 Å². The number of halogens is 1. The Morgan fingerprint density at radius 2 is 1.67 bits per heavy atom. The molecule has 0 aliphatic carbocycles. The van der Waals surface area contributed by atoms with Gasteiger partial charge in [-0.1, -0.05) is 18.2 Å². The molecule has 58 heavy (non-hydrogen) atoms. The molecule has 0 bridgehead atoms. The number of piperidine rings is 2. The number of fused-ring (bicyclic) bond motifs is 2. The molecule has 14 heteroatoms. The third-order valence-corrected chi connectivity index (χ3v) is 12.4. The van der Waals surface area contributed by atoms with Gasteiger partial charge in [-0.15, -0.1) is 0 Å². The van der Waals surface area contributed by atoms with Gasteiger partial charge in [0, 0.05) is 90.7 Å². The predicted octanol–water partition coefficient (Wildman–Crippen LogP) is 4.79. The van der Waals surface area contributed by atoms with Crippen molar-refractivity contribution in [1.82, 2.24) is 34.1 Å². The molecular weight excluding hydrogens is 740 g/mol. The Balaban J connectivity index is 0.924. The van der Waals surface area contributed by atoms with Crippen LogP contribution in [0.1, 0.15) is 72.6 Å². The van der Waals surface area contributed by atoms with Crippen LogP contribution in [0.2, 0.25) is 0 Å². The van der Waals surface area contributed by atoms with Gasteiger partial charge in [-0.3, -0.25) is 38.5 Å². The number of H-pyrrole nitrogens is 1. The van der Waals surface area contributed by atoms with Crippen LogP contribution >= 0.6 is 0 Å². The number of benzene rings is 3. The first-order chi connectivity index (χ1) is 27.9. The third-order valence-electron chi connectivity index (χ3n) is 12.4. The number of nitrogens with one attached hydrogen (secondary N) is 2. The van der Waals surface area contributed by atoms with Crippen LogP contribution in [-0.4, -0.2) is 112 Å². The van der Waals surface area contributed by atoms with Gasteiger partial charge in [0.15, 0.2) is 5.82 Å². The summed E-state index contributed by atoms with van der Waals surface area (Å²) < 4.78 is 19.4. The first-order valence-corrected chi connectivity index (χ1v) is 20.3. The zero-order chi connectivity index (χ0) is 40.8. The summed E-state index contributed by atoms with van der Waals surface area (Å²) in [5, 5.41) is 3.02. The van der Waals surface area contributed by atoms with Crippen molar-refractivity contribution >= 4 is 51.3 Å². The van der Waals surface area contributed by atoms with E-state index in [4.69, 9.17) is 0 Å². The maximum atomic E-state index is 16.3. The molecule has 4 amide bonds. The average Bonchev–Trinajstić information content (AvgIpc) is 3.77. The highest BCUT2D eigenvalue weighted by atomic mass is 19.1. The fourth-order valence-corrected chi connectivity index (χ4v) is 9.07. The molecule has 13 nitrogen and oxygen atoms in total. The number of imide groups is 1. The number of aryl methyl sites for hydroxylation is 2. The van der Waals surface area contributed by atoms with E-state index in [0.29, 0.717) is 47.2 Å². The molecule has 5 heterocycles. The Morgan fingerprint density at radius 1 is 0.914 bits per heavy atom. The summed E-state index contributed by atoms with van der Waals surface area (Å²) in [7, 11) is 5.07. The van der Waals surface area contributed by atoms with E-state index >= 15 is 4.39 Å². The SMILES string of the molecule is CC(=O)N1CCC[C@@H](c2cc(-c3ccc(N4CCN(CCCc5ccc6c(c5)n(C)c(=O)n6C5CCC(=O)NC5=O)CC4)cc3)c3cc(C(=O)N(C)C)[nH]c3c2F)C1. The van der Waals surface area contributed by atoms with Crippen LogP contribution in [0, 0.1) is 5.82 Å². The lowest BCUT2D eigenvalue weighted by Gasteiger charge is -2.36. The minimum absolute atomic E-state index is 0.00723. The van der Waals surface area contributed by atoms with Crippen LogP contribution in [0.5, 0.6) is 0 Å². The number of carbonyl (C=O) groups excluding carboxylic acids is 4. The number of piperazine rings is 1. The highest BCUT2D eigenvalue weighted by Crippen LogP contribution is 2.39. The smallest absolute Gasteiger partial charge is 0.329 e. The number of aromatic nitrogens is 3. The molecule has 3 aromatic carbocycles. The second-order valence-corrected chi connectivity index (χ2v) is 16.3. The third kappa shape index (κ3) is 7.41. The molecule has 304 valence electrons. The van der Waals surface area contributed by atoms with Gasteiger partial charge >= 0.3 is 5.69 Å². The van der Waals surface area contributed by atoms with E-state index in [1.807, 2.05) is 24.3 Å². The molecule has 0 radical (unpaired) electrons. The highest BCUT2D eigenvalue weighted by Gasteiger charge is 2.32. The molecule has 2 N–H and O–H groups in total. The monoisotopic (exact) mass is 790 g/mol. The summed E-state index contributed by atoms with van der Waals surface area (Å²) >= 11 is 0. The molecule has 3 aliphatic rings. The fraction of sp³-hybridized carbons (Fsp3) is 0.432. The van der Waals surface area contributed by atoms with Crippen LogP contribution < -0.4 is 15.9 Å². The number of anilines is 1. The fourth-order valence-electron chi connectivity index (χ4n) is 9.07. The Bertz CT molecular complexity index is 2480. The molecule has 3 saturated heterocycles. The average molecular weight is 791 g/mol. The Labute approximate surface area is 336 Å². The van der Waals surface area contributed by atoms with E-state index in [2.05, 4.69) is 44.4 Å². The molecular formula is C44H51FN8O5. The van der Waals surface area contributed by atoms with Gasteiger partial charge in [0.05, 0.1) is 16.6 Å². The van der Waals surface area contributed by atoms with E-state index in [-0.39, 0.29) is 41.6 Å². The van der Waals surface area contributed by atoms with Crippen molar-refractivity contribution in [2.24, 2.45) is 7.05 Å². The zero-order valence-corrected chi connectivity index (χ0v) is 33.6. The second kappa shape index (κ2) is 15.9. The van der Waals surface area contributed by atoms with Crippen molar-refractivity contribution in [3.05, 3.63) is 87.7 Å². The lowest BCUT2D eigenvalue weighted by Crippen LogP contribution is -2.46. The Hall–Kier alpha value is -5.76. The number of nitrogens with zero attached hydrogens (tertiary/aromatic N) is 6. The van der Waals surface area contributed by atoms with Crippen molar-refractivity contribution in [1.29, 1.82) is 0 Å². The number of likely N-dealkylation sites (tertiary alicyclic amines) is 1. The summed E-state index contributed by atoms with van der Waals surface area (Å²) in [5.74, 6) is -1.49. The molecule has 5 aromatic rings. The van der Waals surface area contributed by atoms with E-state index in [0.717, 1.165) is 86.3 Å². The molecule has 3 fully saturated rings. The van der Waals surface area contributed by atoms with Gasteiger partial charge in [0.2, 0.25) is 17.7 Å². The van der Waals surface area contributed by atoms with E-state index in [9.17, 15) is 24.0 Å². The summed E-state index contributed by atoms with van der Waals surface area (Å²) in [6.07, 6.45) is 3.92. The maximum absolute atomic E-state index is 16.3. The molecule has 8 rings (SSSR count). The van der Waals surface area contributed by atoms with Crippen molar-refractivity contribution in [3.63, 3.8) is 0 Å². The number of amides is 4. The lowest BCUT2D eigenvalue weighted by molar-refractivity contribution is -0.135. The molecule has 0 spiro atoms. The molecule has 3 aliphatic heterocycles. The molecule has 2 aromatic heterocycles. The van der Waals surface area contributed by atoms with Crippen molar-refractivity contribution in [2.45, 2.75) is 57.4 Å². The van der Waals surface area contributed by atoms with Gasteiger partial charge in [-0.2, -0.15) is 0 Å². The molecule has 0 saturated carbocycles. The first kappa shape index (κ1) is 39.1. The van der Waals surface area contributed by atoms with Crippen LogP contribution in [0.3, 0.4) is 0 Å². The zero-order valence-electron chi connectivity index (χ0n) is 33.6. The normalized spacial score (nSPS) is 19.3. The second-order valence-electron chi connectivity index (χ2n) is 16.3. The van der Waals surface area contributed by atoms with Gasteiger partial charge < -0.3 is 19.7 Å².